The van der Waals surface area contributed by atoms with E-state index >= 15 is 0 Å². The smallest absolute Gasteiger partial charge is 0.142 e. The SMILES string of the molecule is CCc1ccc(OC)c(COc2ccccc2N)c1. The molecule has 0 heterocycles. The highest BCUT2D eigenvalue weighted by Crippen LogP contribution is 2.25. The van der Waals surface area contributed by atoms with E-state index in [1.54, 1.807) is 7.11 Å². The maximum Gasteiger partial charge on any atom is 0.142 e. The number of hydrogen-bond acceptors (Lipinski definition) is 3. The van der Waals surface area contributed by atoms with Crippen LogP contribution >= 0.6 is 0 Å². The van der Waals surface area contributed by atoms with Crippen molar-refractivity contribution in [3.63, 3.8) is 0 Å². The second kappa shape index (κ2) is 6.14. The summed E-state index contributed by atoms with van der Waals surface area (Å²) < 4.78 is 11.1. The highest BCUT2D eigenvalue weighted by molar-refractivity contribution is 5.52. The van der Waals surface area contributed by atoms with Gasteiger partial charge in [0.2, 0.25) is 0 Å². The van der Waals surface area contributed by atoms with E-state index in [1.165, 1.54) is 5.56 Å². The van der Waals surface area contributed by atoms with Crippen LogP contribution in [0.2, 0.25) is 0 Å². The maximum atomic E-state index is 5.86. The molecule has 3 heteroatoms. The first kappa shape index (κ1) is 13.3. The summed E-state index contributed by atoms with van der Waals surface area (Å²) in [7, 11) is 1.67. The third kappa shape index (κ3) is 3.19. The summed E-state index contributed by atoms with van der Waals surface area (Å²) in [5.74, 6) is 1.54. The molecule has 2 aromatic rings. The van der Waals surface area contributed by atoms with Crippen molar-refractivity contribution in [3.05, 3.63) is 53.6 Å². The number of hydrogen-bond donors (Lipinski definition) is 1. The van der Waals surface area contributed by atoms with E-state index in [4.69, 9.17) is 15.2 Å². The van der Waals surface area contributed by atoms with Gasteiger partial charge in [-0.25, -0.2) is 0 Å². The van der Waals surface area contributed by atoms with E-state index in [0.717, 1.165) is 17.7 Å². The minimum Gasteiger partial charge on any atom is -0.496 e. The number of anilines is 1. The molecule has 0 spiro atoms. The summed E-state index contributed by atoms with van der Waals surface area (Å²) in [5.41, 5.74) is 8.80. The number of ether oxygens (including phenoxy) is 2. The fraction of sp³-hybridized carbons (Fsp3) is 0.250. The molecule has 0 aliphatic carbocycles. The Morgan fingerprint density at radius 2 is 1.84 bits per heavy atom. The molecule has 0 saturated carbocycles. The van der Waals surface area contributed by atoms with Crippen molar-refractivity contribution in [3.8, 4) is 11.5 Å². The summed E-state index contributed by atoms with van der Waals surface area (Å²) >= 11 is 0. The molecule has 0 saturated heterocycles. The Morgan fingerprint density at radius 1 is 1.05 bits per heavy atom. The van der Waals surface area contributed by atoms with E-state index < -0.39 is 0 Å². The number of aryl methyl sites for hydroxylation is 1. The Bertz CT molecular complexity index is 552. The molecule has 2 aromatic carbocycles. The van der Waals surface area contributed by atoms with Gasteiger partial charge in [0.25, 0.3) is 0 Å². The summed E-state index contributed by atoms with van der Waals surface area (Å²) in [6, 6.07) is 13.6. The Hall–Kier alpha value is -2.16. The monoisotopic (exact) mass is 257 g/mol. The molecule has 2 N–H and O–H groups in total. The first-order valence-electron chi connectivity index (χ1n) is 6.37. The van der Waals surface area contributed by atoms with Gasteiger partial charge in [-0.15, -0.1) is 0 Å². The molecule has 2 rings (SSSR count). The minimum atomic E-state index is 0.450. The van der Waals surface area contributed by atoms with E-state index in [-0.39, 0.29) is 0 Å². The zero-order valence-electron chi connectivity index (χ0n) is 11.3. The van der Waals surface area contributed by atoms with Crippen LogP contribution < -0.4 is 15.2 Å². The van der Waals surface area contributed by atoms with Crippen molar-refractivity contribution in [1.29, 1.82) is 0 Å². The molecule has 100 valence electrons. The van der Waals surface area contributed by atoms with Gasteiger partial charge in [-0.2, -0.15) is 0 Å². The van der Waals surface area contributed by atoms with Crippen molar-refractivity contribution in [2.45, 2.75) is 20.0 Å². The van der Waals surface area contributed by atoms with Crippen molar-refractivity contribution in [2.75, 3.05) is 12.8 Å². The van der Waals surface area contributed by atoms with Gasteiger partial charge in [0, 0.05) is 5.56 Å². The van der Waals surface area contributed by atoms with Crippen LogP contribution in [0.15, 0.2) is 42.5 Å². The van der Waals surface area contributed by atoms with Crippen LogP contribution in [-0.2, 0) is 13.0 Å². The van der Waals surface area contributed by atoms with Gasteiger partial charge in [0.05, 0.1) is 12.8 Å². The predicted molar refractivity (Wildman–Crippen MR) is 77.6 cm³/mol. The number of nitrogen functional groups attached to an aromatic ring is 1. The normalized spacial score (nSPS) is 10.2. The summed E-state index contributed by atoms with van der Waals surface area (Å²) in [6.45, 7) is 2.58. The van der Waals surface area contributed by atoms with E-state index in [9.17, 15) is 0 Å². The molecular weight excluding hydrogens is 238 g/mol. The fourth-order valence-electron chi connectivity index (χ4n) is 1.93. The Kier molecular flexibility index (Phi) is 4.29. The first-order chi connectivity index (χ1) is 9.24. The van der Waals surface area contributed by atoms with Gasteiger partial charge in [0.15, 0.2) is 0 Å². The standard InChI is InChI=1S/C16H19NO2/c1-3-12-8-9-15(18-2)13(10-12)11-19-16-7-5-4-6-14(16)17/h4-10H,3,11,17H2,1-2H3. The lowest BCUT2D eigenvalue weighted by Crippen LogP contribution is -2.01. The van der Waals surface area contributed by atoms with Crippen molar-refractivity contribution in [1.82, 2.24) is 0 Å². The average Bonchev–Trinajstić information content (AvgIpc) is 2.46. The molecule has 0 aliphatic rings. The van der Waals surface area contributed by atoms with Crippen LogP contribution in [0.4, 0.5) is 5.69 Å². The number of para-hydroxylation sites is 2. The minimum absolute atomic E-state index is 0.450. The second-order valence-electron chi connectivity index (χ2n) is 4.33. The highest BCUT2D eigenvalue weighted by atomic mass is 16.5. The van der Waals surface area contributed by atoms with E-state index in [0.29, 0.717) is 18.0 Å². The topological polar surface area (TPSA) is 44.5 Å². The average molecular weight is 257 g/mol. The van der Waals surface area contributed by atoms with Crippen LogP contribution in [0.25, 0.3) is 0 Å². The molecule has 0 aliphatic heterocycles. The molecule has 19 heavy (non-hydrogen) atoms. The number of benzene rings is 2. The molecule has 0 unspecified atom stereocenters. The van der Waals surface area contributed by atoms with Crippen molar-refractivity contribution < 1.29 is 9.47 Å². The molecular formula is C16H19NO2. The van der Waals surface area contributed by atoms with Gasteiger partial charge >= 0.3 is 0 Å². The lowest BCUT2D eigenvalue weighted by Gasteiger charge is -2.12. The Morgan fingerprint density at radius 3 is 2.53 bits per heavy atom. The van der Waals surface area contributed by atoms with Crippen molar-refractivity contribution in [2.24, 2.45) is 0 Å². The van der Waals surface area contributed by atoms with Crippen LogP contribution in [0.3, 0.4) is 0 Å². The molecule has 0 amide bonds. The molecule has 0 radical (unpaired) electrons. The van der Waals surface area contributed by atoms with Gasteiger partial charge in [-0.3, -0.25) is 0 Å². The quantitative estimate of drug-likeness (QED) is 0.835. The molecule has 3 nitrogen and oxygen atoms in total. The maximum absolute atomic E-state index is 5.86. The first-order valence-corrected chi connectivity index (χ1v) is 6.37. The van der Waals surface area contributed by atoms with Gasteiger partial charge in [-0.05, 0) is 36.2 Å². The van der Waals surface area contributed by atoms with Crippen LogP contribution in [0.1, 0.15) is 18.1 Å². The molecule has 0 atom stereocenters. The zero-order valence-corrected chi connectivity index (χ0v) is 11.3. The van der Waals surface area contributed by atoms with E-state index in [2.05, 4.69) is 19.1 Å². The van der Waals surface area contributed by atoms with Crippen LogP contribution in [0, 0.1) is 0 Å². The highest BCUT2D eigenvalue weighted by Gasteiger charge is 2.06. The third-order valence-corrected chi connectivity index (χ3v) is 3.06. The molecule has 0 aromatic heterocycles. The Balaban J connectivity index is 2.16. The number of methoxy groups -OCH3 is 1. The van der Waals surface area contributed by atoms with Crippen LogP contribution in [-0.4, -0.2) is 7.11 Å². The van der Waals surface area contributed by atoms with Gasteiger partial charge in [0.1, 0.15) is 18.1 Å². The van der Waals surface area contributed by atoms with E-state index in [1.807, 2.05) is 30.3 Å². The lowest BCUT2D eigenvalue weighted by molar-refractivity contribution is 0.298. The lowest BCUT2D eigenvalue weighted by atomic mass is 10.1. The van der Waals surface area contributed by atoms with Crippen molar-refractivity contribution >= 4 is 5.69 Å². The largest absolute Gasteiger partial charge is 0.496 e. The second-order valence-corrected chi connectivity index (χ2v) is 4.33. The molecule has 0 bridgehead atoms. The number of rotatable bonds is 5. The predicted octanol–water partition coefficient (Wildman–Crippen LogP) is 3.42. The zero-order chi connectivity index (χ0) is 13.7. The number of nitrogens with two attached hydrogens (primary N) is 1. The Labute approximate surface area is 114 Å². The fourth-order valence-corrected chi connectivity index (χ4v) is 1.93. The van der Waals surface area contributed by atoms with Crippen LogP contribution in [0.5, 0.6) is 11.5 Å². The van der Waals surface area contributed by atoms with Gasteiger partial charge < -0.3 is 15.2 Å². The summed E-state index contributed by atoms with van der Waals surface area (Å²) in [4.78, 5) is 0. The summed E-state index contributed by atoms with van der Waals surface area (Å²) in [5, 5.41) is 0. The molecule has 0 fully saturated rings. The van der Waals surface area contributed by atoms with Gasteiger partial charge in [-0.1, -0.05) is 25.1 Å². The third-order valence-electron chi connectivity index (χ3n) is 3.06. The summed E-state index contributed by atoms with van der Waals surface area (Å²) in [6.07, 6.45) is 0.991.